The molecular weight excluding hydrogens is 238 g/mol. The van der Waals surface area contributed by atoms with Crippen molar-refractivity contribution in [1.29, 1.82) is 0 Å². The van der Waals surface area contributed by atoms with Crippen LogP contribution in [-0.4, -0.2) is 31.5 Å². The fraction of sp³-hybridized carbons (Fsp3) is 0.923. The molecule has 0 aromatic carbocycles. The fourth-order valence-electron chi connectivity index (χ4n) is 2.79. The zero-order chi connectivity index (χ0) is 13.0. The number of hydrogen-bond acceptors (Lipinski definition) is 2. The first kappa shape index (κ1) is 13.7. The van der Waals surface area contributed by atoms with Crippen molar-refractivity contribution in [3.63, 3.8) is 0 Å². The van der Waals surface area contributed by atoms with E-state index in [2.05, 4.69) is 10.6 Å². The van der Waals surface area contributed by atoms with Gasteiger partial charge in [0.2, 0.25) is 11.8 Å². The highest BCUT2D eigenvalue weighted by atomic mass is 19.3. The van der Waals surface area contributed by atoms with Gasteiger partial charge < -0.3 is 10.6 Å². The lowest BCUT2D eigenvalue weighted by molar-refractivity contribution is -0.129. The van der Waals surface area contributed by atoms with Crippen molar-refractivity contribution in [2.75, 3.05) is 19.6 Å². The summed E-state index contributed by atoms with van der Waals surface area (Å²) in [5, 5.41) is 6.22. The second-order valence-electron chi connectivity index (χ2n) is 5.59. The number of hydrogen-bond donors (Lipinski definition) is 2. The van der Waals surface area contributed by atoms with Crippen molar-refractivity contribution in [2.24, 2.45) is 11.8 Å². The minimum atomic E-state index is -2.55. The molecule has 18 heavy (non-hydrogen) atoms. The average Bonchev–Trinajstić information content (AvgIpc) is 2.37. The molecule has 2 rings (SSSR count). The van der Waals surface area contributed by atoms with E-state index in [1.165, 1.54) is 0 Å². The van der Waals surface area contributed by atoms with Crippen molar-refractivity contribution in [1.82, 2.24) is 10.6 Å². The van der Waals surface area contributed by atoms with Crippen LogP contribution in [-0.2, 0) is 4.79 Å². The van der Waals surface area contributed by atoms with Crippen molar-refractivity contribution in [3.05, 3.63) is 0 Å². The highest BCUT2D eigenvalue weighted by molar-refractivity contribution is 5.78. The summed E-state index contributed by atoms with van der Waals surface area (Å²) in [5.41, 5.74) is 0. The van der Waals surface area contributed by atoms with Crippen LogP contribution in [0.1, 0.15) is 38.5 Å². The summed E-state index contributed by atoms with van der Waals surface area (Å²) in [7, 11) is 0. The Bertz CT molecular complexity index is 281. The summed E-state index contributed by atoms with van der Waals surface area (Å²) in [6, 6.07) is 0. The molecular formula is C13H22F2N2O. The predicted molar refractivity (Wildman–Crippen MR) is 65.5 cm³/mol. The minimum Gasteiger partial charge on any atom is -0.356 e. The van der Waals surface area contributed by atoms with E-state index in [9.17, 15) is 13.6 Å². The van der Waals surface area contributed by atoms with E-state index in [1.54, 1.807) is 0 Å². The van der Waals surface area contributed by atoms with Gasteiger partial charge in [0, 0.05) is 25.3 Å². The number of rotatable bonds is 3. The summed E-state index contributed by atoms with van der Waals surface area (Å²) in [6.45, 7) is 2.68. The molecule has 3 nitrogen and oxygen atoms in total. The molecule has 2 N–H and O–H groups in total. The van der Waals surface area contributed by atoms with Gasteiger partial charge in [-0.3, -0.25) is 4.79 Å². The second kappa shape index (κ2) is 5.95. The van der Waals surface area contributed by atoms with E-state index in [0.717, 1.165) is 25.9 Å². The number of carbonyl (C=O) groups excluding carboxylic acids is 1. The first-order valence-electron chi connectivity index (χ1n) is 6.93. The lowest BCUT2D eigenvalue weighted by atomic mass is 9.86. The molecule has 0 spiro atoms. The van der Waals surface area contributed by atoms with Crippen LogP contribution in [0.25, 0.3) is 0 Å². The van der Waals surface area contributed by atoms with E-state index in [4.69, 9.17) is 0 Å². The number of piperidine rings is 1. The third kappa shape index (κ3) is 3.90. The van der Waals surface area contributed by atoms with E-state index in [-0.39, 0.29) is 24.7 Å². The average molecular weight is 260 g/mol. The smallest absolute Gasteiger partial charge is 0.248 e. The Balaban J connectivity index is 1.68. The normalized spacial score (nSPS) is 28.9. The first-order valence-corrected chi connectivity index (χ1v) is 6.93. The van der Waals surface area contributed by atoms with Crippen LogP contribution in [0.2, 0.25) is 0 Å². The molecule has 1 unspecified atom stereocenters. The third-order valence-corrected chi connectivity index (χ3v) is 4.05. The zero-order valence-electron chi connectivity index (χ0n) is 10.7. The van der Waals surface area contributed by atoms with Crippen LogP contribution >= 0.6 is 0 Å². The summed E-state index contributed by atoms with van der Waals surface area (Å²) < 4.78 is 26.0. The molecule has 1 saturated heterocycles. The molecule has 0 aromatic rings. The highest BCUT2D eigenvalue weighted by Crippen LogP contribution is 2.36. The fourth-order valence-corrected chi connectivity index (χ4v) is 2.79. The number of alkyl halides is 2. The van der Waals surface area contributed by atoms with Crippen LogP contribution in [0.3, 0.4) is 0 Å². The van der Waals surface area contributed by atoms with Gasteiger partial charge in [-0.25, -0.2) is 8.78 Å². The van der Waals surface area contributed by atoms with Crippen LogP contribution in [0.15, 0.2) is 0 Å². The maximum atomic E-state index is 13.0. The Kier molecular flexibility index (Phi) is 4.54. The first-order chi connectivity index (χ1) is 8.57. The van der Waals surface area contributed by atoms with E-state index in [1.807, 2.05) is 0 Å². The second-order valence-corrected chi connectivity index (χ2v) is 5.59. The minimum absolute atomic E-state index is 0.0314. The Morgan fingerprint density at radius 2 is 2.00 bits per heavy atom. The number of nitrogens with one attached hydrogen (secondary N) is 2. The van der Waals surface area contributed by atoms with Gasteiger partial charge in [-0.2, -0.15) is 0 Å². The van der Waals surface area contributed by atoms with E-state index >= 15 is 0 Å². The van der Waals surface area contributed by atoms with E-state index < -0.39 is 5.92 Å². The van der Waals surface area contributed by atoms with Gasteiger partial charge >= 0.3 is 0 Å². The number of halogens is 2. The molecule has 0 aromatic heterocycles. The highest BCUT2D eigenvalue weighted by Gasteiger charge is 2.37. The molecule has 0 bridgehead atoms. The Morgan fingerprint density at radius 3 is 2.61 bits per heavy atom. The van der Waals surface area contributed by atoms with Gasteiger partial charge in [0.1, 0.15) is 0 Å². The summed E-state index contributed by atoms with van der Waals surface area (Å²) in [4.78, 5) is 11.9. The van der Waals surface area contributed by atoms with Gasteiger partial charge in [0.15, 0.2) is 0 Å². The molecule has 0 radical (unpaired) electrons. The van der Waals surface area contributed by atoms with Crippen molar-refractivity contribution < 1.29 is 13.6 Å². The molecule has 2 fully saturated rings. The third-order valence-electron chi connectivity index (χ3n) is 4.05. The van der Waals surface area contributed by atoms with Gasteiger partial charge in [0.25, 0.3) is 0 Å². The van der Waals surface area contributed by atoms with Crippen LogP contribution in [0.4, 0.5) is 8.78 Å². The van der Waals surface area contributed by atoms with Gasteiger partial charge in [-0.1, -0.05) is 0 Å². The maximum absolute atomic E-state index is 13.0. The predicted octanol–water partition coefficient (Wildman–Crippen LogP) is 1.93. The lowest BCUT2D eigenvalue weighted by Crippen LogP contribution is -2.41. The maximum Gasteiger partial charge on any atom is 0.248 e. The van der Waals surface area contributed by atoms with Crippen molar-refractivity contribution in [2.45, 2.75) is 44.4 Å². The van der Waals surface area contributed by atoms with Crippen LogP contribution < -0.4 is 10.6 Å². The Morgan fingerprint density at radius 1 is 1.28 bits per heavy atom. The van der Waals surface area contributed by atoms with E-state index in [0.29, 0.717) is 25.3 Å². The molecule has 1 amide bonds. The lowest BCUT2D eigenvalue weighted by Gasteiger charge is -2.28. The largest absolute Gasteiger partial charge is 0.356 e. The summed E-state index contributed by atoms with van der Waals surface area (Å²) >= 11 is 0. The number of carbonyl (C=O) groups is 1. The number of amides is 1. The van der Waals surface area contributed by atoms with Crippen molar-refractivity contribution in [3.8, 4) is 0 Å². The van der Waals surface area contributed by atoms with Gasteiger partial charge in [0.05, 0.1) is 0 Å². The quantitative estimate of drug-likeness (QED) is 0.814. The molecule has 2 aliphatic rings. The zero-order valence-corrected chi connectivity index (χ0v) is 10.7. The monoisotopic (exact) mass is 260 g/mol. The summed E-state index contributed by atoms with van der Waals surface area (Å²) in [5.74, 6) is -2.30. The summed E-state index contributed by atoms with van der Waals surface area (Å²) in [6.07, 6.45) is 2.64. The topological polar surface area (TPSA) is 41.1 Å². The molecule has 1 aliphatic heterocycles. The Labute approximate surface area is 107 Å². The molecule has 104 valence electrons. The molecule has 1 aliphatic carbocycles. The standard InChI is InChI=1S/C13H22F2N2O/c14-13(15)5-3-11(4-6-13)12(18)17-9-10-2-1-7-16-8-10/h10-11,16H,1-9H2,(H,17,18). The van der Waals surface area contributed by atoms with Crippen molar-refractivity contribution >= 4 is 5.91 Å². The van der Waals surface area contributed by atoms with Gasteiger partial charge in [-0.05, 0) is 44.7 Å². The molecule has 5 heteroatoms. The molecule has 1 saturated carbocycles. The van der Waals surface area contributed by atoms with Crippen LogP contribution in [0, 0.1) is 11.8 Å². The van der Waals surface area contributed by atoms with Gasteiger partial charge in [-0.15, -0.1) is 0 Å². The SMILES string of the molecule is O=C(NCC1CCCNC1)C1CCC(F)(F)CC1. The Hall–Kier alpha value is -0.710. The molecule has 1 heterocycles. The molecule has 1 atom stereocenters. The van der Waals surface area contributed by atoms with Crippen LogP contribution in [0.5, 0.6) is 0 Å².